The molecule has 152 valence electrons. The number of cyclic esters (lactones) is 1. The molecular formula is C18H23N3O5S2. The molecule has 4 rings (SSSR count). The first kappa shape index (κ1) is 19.7. The number of carbonyl (C=O) groups excluding carboxylic acids is 1. The van der Waals surface area contributed by atoms with Gasteiger partial charge in [0, 0.05) is 26.1 Å². The fourth-order valence-corrected chi connectivity index (χ4v) is 6.23. The van der Waals surface area contributed by atoms with Crippen LogP contribution in [0.15, 0.2) is 28.3 Å². The first-order valence-corrected chi connectivity index (χ1v) is 11.7. The van der Waals surface area contributed by atoms with Crippen molar-refractivity contribution in [3.05, 3.63) is 18.2 Å². The van der Waals surface area contributed by atoms with Gasteiger partial charge in [-0.25, -0.2) is 13.4 Å². The predicted molar refractivity (Wildman–Crippen MR) is 105 cm³/mol. The number of fused-ring (bicyclic) bond motifs is 1. The summed E-state index contributed by atoms with van der Waals surface area (Å²) in [6.07, 6.45) is 0.558. The van der Waals surface area contributed by atoms with Crippen molar-refractivity contribution >= 4 is 38.8 Å². The fraction of sp³-hybridized carbons (Fsp3) is 0.556. The molecule has 0 unspecified atom stereocenters. The van der Waals surface area contributed by atoms with E-state index >= 15 is 0 Å². The van der Waals surface area contributed by atoms with Crippen LogP contribution in [0.4, 0.5) is 0 Å². The van der Waals surface area contributed by atoms with E-state index in [2.05, 4.69) is 4.98 Å². The fourth-order valence-electron chi connectivity index (χ4n) is 3.52. The highest BCUT2D eigenvalue weighted by Gasteiger charge is 2.34. The van der Waals surface area contributed by atoms with Crippen LogP contribution in [0.1, 0.15) is 20.3 Å². The zero-order valence-corrected chi connectivity index (χ0v) is 17.5. The van der Waals surface area contributed by atoms with Gasteiger partial charge in [0.05, 0.1) is 29.1 Å². The minimum Gasteiger partial charge on any atom is -0.462 e. The molecule has 0 bridgehead atoms. The second-order valence-electron chi connectivity index (χ2n) is 6.90. The van der Waals surface area contributed by atoms with E-state index in [1.54, 1.807) is 18.2 Å². The van der Waals surface area contributed by atoms with Gasteiger partial charge < -0.3 is 14.0 Å². The summed E-state index contributed by atoms with van der Waals surface area (Å²) in [4.78, 5) is 16.9. The Morgan fingerprint density at radius 2 is 2.04 bits per heavy atom. The number of benzene rings is 1. The summed E-state index contributed by atoms with van der Waals surface area (Å²) in [6.45, 7) is 6.07. The van der Waals surface area contributed by atoms with Crippen molar-refractivity contribution in [2.24, 2.45) is 0 Å². The number of aromatic nitrogens is 2. The topological polar surface area (TPSA) is 90.7 Å². The van der Waals surface area contributed by atoms with Gasteiger partial charge in [-0.3, -0.25) is 4.79 Å². The van der Waals surface area contributed by atoms with E-state index in [1.165, 1.54) is 16.1 Å². The summed E-state index contributed by atoms with van der Waals surface area (Å²) in [7, 11) is -3.58. The van der Waals surface area contributed by atoms with Crippen LogP contribution in [0, 0.1) is 0 Å². The van der Waals surface area contributed by atoms with Crippen LogP contribution >= 0.6 is 11.8 Å². The SMILES string of the molecule is CCn1c(S[C@@H]2C[C@H](C)OC2=O)nc2cc(S(=O)(=O)N3CCOCC3)ccc21. The summed E-state index contributed by atoms with van der Waals surface area (Å²) < 4.78 is 39.8. The molecule has 1 aromatic carbocycles. The van der Waals surface area contributed by atoms with E-state index in [0.29, 0.717) is 49.9 Å². The average Bonchev–Trinajstić information content (AvgIpc) is 3.20. The normalized spacial score (nSPS) is 24.0. The van der Waals surface area contributed by atoms with E-state index < -0.39 is 10.0 Å². The number of sulfonamides is 1. The lowest BCUT2D eigenvalue weighted by Gasteiger charge is -2.26. The van der Waals surface area contributed by atoms with Gasteiger partial charge >= 0.3 is 5.97 Å². The molecule has 0 saturated carbocycles. The molecule has 0 aliphatic carbocycles. The molecule has 28 heavy (non-hydrogen) atoms. The number of rotatable bonds is 5. The van der Waals surface area contributed by atoms with Gasteiger partial charge in [-0.1, -0.05) is 11.8 Å². The molecule has 0 amide bonds. The van der Waals surface area contributed by atoms with Gasteiger partial charge in [-0.05, 0) is 32.0 Å². The van der Waals surface area contributed by atoms with Crippen LogP contribution in [0.2, 0.25) is 0 Å². The minimum atomic E-state index is -3.58. The van der Waals surface area contributed by atoms with Crippen LogP contribution in [0.3, 0.4) is 0 Å². The monoisotopic (exact) mass is 425 g/mol. The highest BCUT2D eigenvalue weighted by Crippen LogP contribution is 2.34. The largest absolute Gasteiger partial charge is 0.462 e. The van der Waals surface area contributed by atoms with Crippen LogP contribution in [0.25, 0.3) is 11.0 Å². The Balaban J connectivity index is 1.67. The molecule has 8 nitrogen and oxygen atoms in total. The first-order valence-electron chi connectivity index (χ1n) is 9.35. The highest BCUT2D eigenvalue weighted by molar-refractivity contribution is 8.00. The van der Waals surface area contributed by atoms with Crippen molar-refractivity contribution in [2.45, 2.75) is 48.2 Å². The zero-order valence-electron chi connectivity index (χ0n) is 15.8. The van der Waals surface area contributed by atoms with Crippen molar-refractivity contribution < 1.29 is 22.7 Å². The van der Waals surface area contributed by atoms with Crippen LogP contribution in [0.5, 0.6) is 0 Å². The third-order valence-electron chi connectivity index (χ3n) is 4.98. The molecule has 0 N–H and O–H groups in total. The number of thioether (sulfide) groups is 1. The van der Waals surface area contributed by atoms with Gasteiger partial charge in [0.15, 0.2) is 5.16 Å². The molecule has 2 fully saturated rings. The number of hydrogen-bond acceptors (Lipinski definition) is 7. The number of carbonyl (C=O) groups is 1. The Morgan fingerprint density at radius 1 is 1.29 bits per heavy atom. The average molecular weight is 426 g/mol. The molecule has 0 radical (unpaired) electrons. The lowest BCUT2D eigenvalue weighted by atomic mass is 10.3. The quantitative estimate of drug-likeness (QED) is 0.676. The van der Waals surface area contributed by atoms with Crippen molar-refractivity contribution in [2.75, 3.05) is 26.3 Å². The van der Waals surface area contributed by atoms with E-state index in [-0.39, 0.29) is 22.2 Å². The Hall–Kier alpha value is -1.62. The molecule has 2 aromatic rings. The maximum Gasteiger partial charge on any atom is 0.319 e. The summed E-state index contributed by atoms with van der Waals surface area (Å²) in [5.74, 6) is -0.220. The molecule has 3 heterocycles. The Morgan fingerprint density at radius 3 is 2.68 bits per heavy atom. The van der Waals surface area contributed by atoms with Crippen LogP contribution in [-0.2, 0) is 30.8 Å². The molecule has 2 saturated heterocycles. The van der Waals surface area contributed by atoms with Gasteiger partial charge in [-0.15, -0.1) is 0 Å². The molecule has 2 aliphatic heterocycles. The van der Waals surface area contributed by atoms with E-state index in [9.17, 15) is 13.2 Å². The lowest BCUT2D eigenvalue weighted by molar-refractivity contribution is -0.140. The van der Waals surface area contributed by atoms with Crippen molar-refractivity contribution in [1.29, 1.82) is 0 Å². The summed E-state index contributed by atoms with van der Waals surface area (Å²) in [6, 6.07) is 5.03. The molecular weight excluding hydrogens is 402 g/mol. The summed E-state index contributed by atoms with van der Waals surface area (Å²) in [5.41, 5.74) is 1.46. The third-order valence-corrected chi connectivity index (χ3v) is 8.07. The zero-order chi connectivity index (χ0) is 19.9. The van der Waals surface area contributed by atoms with Gasteiger partial charge in [0.1, 0.15) is 11.4 Å². The van der Waals surface area contributed by atoms with E-state index in [1.807, 2.05) is 18.4 Å². The predicted octanol–water partition coefficient (Wildman–Crippen LogP) is 1.87. The number of ether oxygens (including phenoxy) is 2. The summed E-state index contributed by atoms with van der Waals surface area (Å²) >= 11 is 1.38. The number of nitrogens with zero attached hydrogens (tertiary/aromatic N) is 3. The van der Waals surface area contributed by atoms with E-state index in [4.69, 9.17) is 9.47 Å². The standard InChI is InChI=1S/C18H23N3O5S2/c1-3-21-15-5-4-13(28(23,24)20-6-8-25-9-7-20)11-14(15)19-18(21)27-16-10-12(2)26-17(16)22/h4-5,11-12,16H,3,6-10H2,1-2H3/t12-,16+/m0/s1. The minimum absolute atomic E-state index is 0.0882. The molecule has 2 atom stereocenters. The van der Waals surface area contributed by atoms with Crippen molar-refractivity contribution in [3.63, 3.8) is 0 Å². The second kappa shape index (κ2) is 7.66. The third kappa shape index (κ3) is 3.54. The molecule has 10 heteroatoms. The van der Waals surface area contributed by atoms with Crippen molar-refractivity contribution in [3.8, 4) is 0 Å². The molecule has 0 spiro atoms. The smallest absolute Gasteiger partial charge is 0.319 e. The Labute approximate surface area is 168 Å². The maximum atomic E-state index is 12.9. The maximum absolute atomic E-state index is 12.9. The first-order chi connectivity index (χ1) is 13.4. The van der Waals surface area contributed by atoms with Crippen LogP contribution in [-0.4, -0.2) is 65.9 Å². The number of esters is 1. The molecule has 2 aliphatic rings. The van der Waals surface area contributed by atoms with Crippen LogP contribution < -0.4 is 0 Å². The number of morpholine rings is 1. The second-order valence-corrected chi connectivity index (χ2v) is 10.0. The highest BCUT2D eigenvalue weighted by atomic mass is 32.2. The lowest BCUT2D eigenvalue weighted by Crippen LogP contribution is -2.40. The van der Waals surface area contributed by atoms with Gasteiger partial charge in [-0.2, -0.15) is 4.31 Å². The van der Waals surface area contributed by atoms with Gasteiger partial charge in [0.2, 0.25) is 10.0 Å². The van der Waals surface area contributed by atoms with E-state index in [0.717, 1.165) is 5.52 Å². The molecule has 1 aromatic heterocycles. The van der Waals surface area contributed by atoms with Crippen molar-refractivity contribution in [1.82, 2.24) is 13.9 Å². The Bertz CT molecular complexity index is 998. The number of aryl methyl sites for hydroxylation is 1. The summed E-state index contributed by atoms with van der Waals surface area (Å²) in [5, 5.41) is 0.420. The number of imidazole rings is 1. The Kier molecular flexibility index (Phi) is 5.38. The number of hydrogen-bond donors (Lipinski definition) is 0. The van der Waals surface area contributed by atoms with Gasteiger partial charge in [0.25, 0.3) is 0 Å².